The Hall–Kier alpha value is -2.56. The van der Waals surface area contributed by atoms with Gasteiger partial charge in [-0.3, -0.25) is 4.79 Å². The summed E-state index contributed by atoms with van der Waals surface area (Å²) in [4.78, 5) is 26.2. The number of hydrogen-bond acceptors (Lipinski definition) is 4. The standard InChI is InChI=1S/C21H25NO4/c1-21-11-5-7-16(9-10-19(24)26-3)20(21)22(18(23)13-21)14-15-6-4-8-17(12-15)25-2/h4,6,8-10,12H,5,7,11,13-14H2,1-3H3/b10-9+. The first-order chi connectivity index (χ1) is 12.5. The molecule has 3 rings (SSSR count). The van der Waals surface area contributed by atoms with Gasteiger partial charge in [0.1, 0.15) is 5.75 Å². The van der Waals surface area contributed by atoms with Gasteiger partial charge in [-0.25, -0.2) is 4.79 Å². The van der Waals surface area contributed by atoms with E-state index in [-0.39, 0.29) is 17.3 Å². The molecule has 0 saturated carbocycles. The molecule has 0 bridgehead atoms. The number of hydrogen-bond donors (Lipinski definition) is 0. The van der Waals surface area contributed by atoms with Crippen LogP contribution in [0.1, 0.15) is 38.2 Å². The van der Waals surface area contributed by atoms with Crippen molar-refractivity contribution in [2.24, 2.45) is 5.41 Å². The van der Waals surface area contributed by atoms with Crippen molar-refractivity contribution in [3.05, 3.63) is 53.3 Å². The van der Waals surface area contributed by atoms with Gasteiger partial charge in [-0.1, -0.05) is 25.1 Å². The first kappa shape index (κ1) is 18.2. The molecule has 5 nitrogen and oxygen atoms in total. The number of rotatable bonds is 5. The highest BCUT2D eigenvalue weighted by Gasteiger charge is 2.46. The minimum Gasteiger partial charge on any atom is -0.497 e. The summed E-state index contributed by atoms with van der Waals surface area (Å²) in [5, 5.41) is 0. The Morgan fingerprint density at radius 2 is 2.15 bits per heavy atom. The lowest BCUT2D eigenvalue weighted by Gasteiger charge is -2.34. The van der Waals surface area contributed by atoms with Crippen molar-refractivity contribution in [2.45, 2.75) is 39.2 Å². The van der Waals surface area contributed by atoms with Crippen molar-refractivity contribution < 1.29 is 19.1 Å². The second-order valence-corrected chi connectivity index (χ2v) is 7.15. The maximum atomic E-state index is 12.8. The van der Waals surface area contributed by atoms with Crippen LogP contribution in [0.4, 0.5) is 0 Å². The van der Waals surface area contributed by atoms with E-state index in [9.17, 15) is 9.59 Å². The van der Waals surface area contributed by atoms with E-state index in [0.717, 1.165) is 41.8 Å². The Kier molecular flexibility index (Phi) is 5.16. The Balaban J connectivity index is 1.97. The van der Waals surface area contributed by atoms with Crippen LogP contribution in [-0.4, -0.2) is 31.0 Å². The van der Waals surface area contributed by atoms with Crippen LogP contribution in [0.15, 0.2) is 47.7 Å². The molecule has 1 saturated heterocycles. The first-order valence-corrected chi connectivity index (χ1v) is 8.90. The van der Waals surface area contributed by atoms with E-state index in [1.807, 2.05) is 35.2 Å². The molecular weight excluding hydrogens is 330 g/mol. The molecule has 1 aromatic carbocycles. The first-order valence-electron chi connectivity index (χ1n) is 8.90. The van der Waals surface area contributed by atoms with Crippen LogP contribution in [0.3, 0.4) is 0 Å². The topological polar surface area (TPSA) is 55.8 Å². The fourth-order valence-corrected chi connectivity index (χ4v) is 4.04. The Labute approximate surface area is 154 Å². The number of carbonyl (C=O) groups is 2. The third kappa shape index (κ3) is 3.52. The molecule has 0 spiro atoms. The molecule has 1 aromatic rings. The summed E-state index contributed by atoms with van der Waals surface area (Å²) < 4.78 is 10.00. The lowest BCUT2D eigenvalue weighted by Crippen LogP contribution is -2.28. The van der Waals surface area contributed by atoms with Gasteiger partial charge in [0.2, 0.25) is 5.91 Å². The number of esters is 1. The number of methoxy groups -OCH3 is 2. The molecule has 1 aliphatic carbocycles. The third-order valence-corrected chi connectivity index (χ3v) is 5.26. The van der Waals surface area contributed by atoms with Gasteiger partial charge >= 0.3 is 5.97 Å². The Morgan fingerprint density at radius 3 is 2.88 bits per heavy atom. The molecular formula is C21H25NO4. The van der Waals surface area contributed by atoms with Crippen LogP contribution >= 0.6 is 0 Å². The predicted octanol–water partition coefficient (Wildman–Crippen LogP) is 3.60. The zero-order valence-corrected chi connectivity index (χ0v) is 15.6. The van der Waals surface area contributed by atoms with Gasteiger partial charge in [0.25, 0.3) is 0 Å². The summed E-state index contributed by atoms with van der Waals surface area (Å²) in [6.45, 7) is 2.66. The van der Waals surface area contributed by atoms with E-state index >= 15 is 0 Å². The highest BCUT2D eigenvalue weighted by atomic mass is 16.5. The summed E-state index contributed by atoms with van der Waals surface area (Å²) in [7, 11) is 3.00. The SMILES string of the molecule is COC(=O)/C=C/C1=C2N(Cc3cccc(OC)c3)C(=O)CC2(C)CCC1. The number of fused-ring (bicyclic) bond motifs is 1. The number of ether oxygens (including phenoxy) is 2. The monoisotopic (exact) mass is 355 g/mol. The number of amides is 1. The van der Waals surface area contributed by atoms with E-state index in [1.165, 1.54) is 13.2 Å². The average Bonchev–Trinajstić information content (AvgIpc) is 2.90. The minimum absolute atomic E-state index is 0.135. The third-order valence-electron chi connectivity index (χ3n) is 5.26. The van der Waals surface area contributed by atoms with Crippen molar-refractivity contribution in [3.63, 3.8) is 0 Å². The van der Waals surface area contributed by atoms with E-state index < -0.39 is 0 Å². The fraction of sp³-hybridized carbons (Fsp3) is 0.429. The van der Waals surface area contributed by atoms with Gasteiger partial charge in [-0.15, -0.1) is 0 Å². The van der Waals surface area contributed by atoms with Gasteiger partial charge in [0.15, 0.2) is 0 Å². The molecule has 1 atom stereocenters. The van der Waals surface area contributed by atoms with Crippen molar-refractivity contribution in [1.29, 1.82) is 0 Å². The van der Waals surface area contributed by atoms with Crippen LogP contribution < -0.4 is 4.74 Å². The second kappa shape index (κ2) is 7.36. The number of nitrogens with zero attached hydrogens (tertiary/aromatic N) is 1. The van der Waals surface area contributed by atoms with E-state index in [0.29, 0.717) is 13.0 Å². The Morgan fingerprint density at radius 1 is 1.35 bits per heavy atom. The molecule has 5 heteroatoms. The van der Waals surface area contributed by atoms with Crippen molar-refractivity contribution >= 4 is 11.9 Å². The van der Waals surface area contributed by atoms with Crippen LogP contribution in [0.25, 0.3) is 0 Å². The summed E-state index contributed by atoms with van der Waals surface area (Å²) in [6, 6.07) is 7.78. The molecule has 1 unspecified atom stereocenters. The van der Waals surface area contributed by atoms with Crippen LogP contribution in [0.2, 0.25) is 0 Å². The lowest BCUT2D eigenvalue weighted by atomic mass is 9.74. The molecule has 0 radical (unpaired) electrons. The molecule has 0 aromatic heterocycles. The van der Waals surface area contributed by atoms with E-state index in [2.05, 4.69) is 6.92 Å². The normalized spacial score (nSPS) is 22.7. The molecule has 1 amide bonds. The molecule has 1 heterocycles. The summed E-state index contributed by atoms with van der Waals surface area (Å²) in [5.41, 5.74) is 2.97. The largest absolute Gasteiger partial charge is 0.497 e. The van der Waals surface area contributed by atoms with Crippen LogP contribution in [0.5, 0.6) is 5.75 Å². The number of allylic oxidation sites excluding steroid dienone is 3. The highest BCUT2D eigenvalue weighted by Crippen LogP contribution is 2.50. The molecule has 26 heavy (non-hydrogen) atoms. The van der Waals surface area contributed by atoms with Crippen molar-refractivity contribution in [1.82, 2.24) is 4.90 Å². The predicted molar refractivity (Wildman–Crippen MR) is 98.3 cm³/mol. The number of likely N-dealkylation sites (tertiary alicyclic amines) is 1. The summed E-state index contributed by atoms with van der Waals surface area (Å²) in [5.74, 6) is 0.533. The summed E-state index contributed by atoms with van der Waals surface area (Å²) in [6.07, 6.45) is 6.64. The smallest absolute Gasteiger partial charge is 0.330 e. The van der Waals surface area contributed by atoms with Crippen LogP contribution in [-0.2, 0) is 20.9 Å². The van der Waals surface area contributed by atoms with E-state index in [1.54, 1.807) is 7.11 Å². The minimum atomic E-state index is -0.381. The zero-order chi connectivity index (χ0) is 18.7. The highest BCUT2D eigenvalue weighted by molar-refractivity contribution is 5.85. The lowest BCUT2D eigenvalue weighted by molar-refractivity contribution is -0.134. The van der Waals surface area contributed by atoms with Crippen molar-refractivity contribution in [3.8, 4) is 5.75 Å². The van der Waals surface area contributed by atoms with Crippen LogP contribution in [0, 0.1) is 5.41 Å². The van der Waals surface area contributed by atoms with Gasteiger partial charge in [-0.05, 0) is 42.5 Å². The molecule has 1 fully saturated rings. The van der Waals surface area contributed by atoms with E-state index in [4.69, 9.17) is 9.47 Å². The van der Waals surface area contributed by atoms with Gasteiger partial charge < -0.3 is 14.4 Å². The second-order valence-electron chi connectivity index (χ2n) is 7.15. The van der Waals surface area contributed by atoms with Gasteiger partial charge in [0.05, 0.1) is 20.8 Å². The van der Waals surface area contributed by atoms with Gasteiger partial charge in [0, 0.05) is 23.6 Å². The maximum absolute atomic E-state index is 12.8. The number of benzene rings is 1. The zero-order valence-electron chi connectivity index (χ0n) is 15.6. The molecule has 1 aliphatic heterocycles. The molecule has 0 N–H and O–H groups in total. The Bertz CT molecular complexity index is 780. The maximum Gasteiger partial charge on any atom is 0.330 e. The molecule has 2 aliphatic rings. The van der Waals surface area contributed by atoms with Gasteiger partial charge in [-0.2, -0.15) is 0 Å². The number of carbonyl (C=O) groups excluding carboxylic acids is 2. The fourth-order valence-electron chi connectivity index (χ4n) is 4.04. The van der Waals surface area contributed by atoms with Crippen molar-refractivity contribution in [2.75, 3.05) is 14.2 Å². The quantitative estimate of drug-likeness (QED) is 0.598. The summed E-state index contributed by atoms with van der Waals surface area (Å²) >= 11 is 0. The molecule has 138 valence electrons. The average molecular weight is 355 g/mol.